The maximum Gasteiger partial charge on any atom is 0.147 e. The Morgan fingerprint density at radius 3 is 1.55 bits per heavy atom. The van der Waals surface area contributed by atoms with Crippen molar-refractivity contribution in [3.8, 4) is 11.5 Å². The fourth-order valence-corrected chi connectivity index (χ4v) is 1.73. The molecule has 2 rings (SSSR count). The molecule has 0 bridgehead atoms. The zero-order chi connectivity index (χ0) is 15.6. The lowest BCUT2D eigenvalue weighted by Crippen LogP contribution is -1.93. The number of hydrogen-bond acceptors (Lipinski definition) is 4. The molecule has 0 amide bonds. The van der Waals surface area contributed by atoms with Gasteiger partial charge < -0.3 is 9.47 Å². The van der Waals surface area contributed by atoms with Crippen molar-refractivity contribution < 1.29 is 9.47 Å². The summed E-state index contributed by atoms with van der Waals surface area (Å²) >= 11 is 0. The minimum atomic E-state index is 0.422. The summed E-state index contributed by atoms with van der Waals surface area (Å²) in [6.07, 6.45) is 3.37. The highest BCUT2D eigenvalue weighted by atomic mass is 16.5. The van der Waals surface area contributed by atoms with Crippen LogP contribution in [0.1, 0.15) is 0 Å². The molecule has 0 fully saturated rings. The second kappa shape index (κ2) is 8.42. The molecule has 22 heavy (non-hydrogen) atoms. The molecule has 0 atom stereocenters. The van der Waals surface area contributed by atoms with Gasteiger partial charge in [-0.1, -0.05) is 49.6 Å². The molecule has 0 spiro atoms. The largest absolute Gasteiger partial charge is 0.487 e. The van der Waals surface area contributed by atoms with Gasteiger partial charge in [0.05, 0.1) is 0 Å². The molecule has 112 valence electrons. The average Bonchev–Trinajstić information content (AvgIpc) is 2.57. The van der Waals surface area contributed by atoms with E-state index in [0.29, 0.717) is 36.1 Å². The molecule has 0 saturated heterocycles. The lowest BCUT2D eigenvalue weighted by atomic mass is 10.3. The minimum Gasteiger partial charge on any atom is -0.487 e. The van der Waals surface area contributed by atoms with E-state index in [1.807, 2.05) is 48.5 Å². The summed E-state index contributed by atoms with van der Waals surface area (Å²) in [5.74, 6) is 1.33. The Morgan fingerprint density at radius 1 is 0.727 bits per heavy atom. The standard InChI is InChI=1S/C18H18N2O2/c1-3-13-21-17-11-7-5-9-15(17)19-20-16-10-6-8-12-18(16)22-14-4-2/h3-12H,1-2,13-14H2. The smallest absolute Gasteiger partial charge is 0.147 e. The third kappa shape index (κ3) is 4.31. The van der Waals surface area contributed by atoms with Crippen molar-refractivity contribution >= 4 is 11.4 Å². The van der Waals surface area contributed by atoms with E-state index in [-0.39, 0.29) is 0 Å². The Hall–Kier alpha value is -2.88. The number of rotatable bonds is 8. The van der Waals surface area contributed by atoms with Crippen molar-refractivity contribution in [2.45, 2.75) is 0 Å². The van der Waals surface area contributed by atoms with Crippen LogP contribution < -0.4 is 9.47 Å². The summed E-state index contributed by atoms with van der Waals surface area (Å²) < 4.78 is 11.1. The number of benzene rings is 2. The molecule has 0 unspecified atom stereocenters. The van der Waals surface area contributed by atoms with Crippen LogP contribution in [0.3, 0.4) is 0 Å². The van der Waals surface area contributed by atoms with Crippen LogP contribution in [-0.2, 0) is 0 Å². The highest BCUT2D eigenvalue weighted by Gasteiger charge is 2.03. The second-order valence-corrected chi connectivity index (χ2v) is 4.33. The van der Waals surface area contributed by atoms with Gasteiger partial charge in [-0.2, -0.15) is 0 Å². The van der Waals surface area contributed by atoms with Gasteiger partial charge in [-0.05, 0) is 24.3 Å². The molecule has 0 aliphatic carbocycles. The first-order valence-corrected chi connectivity index (χ1v) is 6.92. The molecule has 0 aromatic heterocycles. The first-order chi connectivity index (χ1) is 10.8. The first-order valence-electron chi connectivity index (χ1n) is 6.92. The van der Waals surface area contributed by atoms with Gasteiger partial charge in [-0.25, -0.2) is 0 Å². The number of para-hydroxylation sites is 2. The molecule has 0 aliphatic rings. The van der Waals surface area contributed by atoms with Crippen LogP contribution in [0.5, 0.6) is 11.5 Å². The van der Waals surface area contributed by atoms with Gasteiger partial charge in [0.2, 0.25) is 0 Å². The summed E-state index contributed by atoms with van der Waals surface area (Å²) in [6, 6.07) is 14.9. The van der Waals surface area contributed by atoms with Crippen molar-refractivity contribution in [1.29, 1.82) is 0 Å². The number of nitrogens with zero attached hydrogens (tertiary/aromatic N) is 2. The van der Waals surface area contributed by atoms with Crippen molar-refractivity contribution in [1.82, 2.24) is 0 Å². The molecule has 2 aromatic rings. The fourth-order valence-electron chi connectivity index (χ4n) is 1.73. The zero-order valence-corrected chi connectivity index (χ0v) is 12.3. The quantitative estimate of drug-likeness (QED) is 0.494. The average molecular weight is 294 g/mol. The van der Waals surface area contributed by atoms with Crippen molar-refractivity contribution in [3.63, 3.8) is 0 Å². The normalized spacial score (nSPS) is 10.4. The first kappa shape index (κ1) is 15.5. The lowest BCUT2D eigenvalue weighted by Gasteiger charge is -2.07. The van der Waals surface area contributed by atoms with Crippen LogP contribution in [0.15, 0.2) is 84.1 Å². The Morgan fingerprint density at radius 2 is 1.14 bits per heavy atom. The van der Waals surface area contributed by atoms with Gasteiger partial charge in [0.1, 0.15) is 36.1 Å². The van der Waals surface area contributed by atoms with Crippen molar-refractivity contribution in [2.75, 3.05) is 13.2 Å². The Labute approximate surface area is 130 Å². The van der Waals surface area contributed by atoms with E-state index in [1.165, 1.54) is 0 Å². The Bertz CT molecular complexity index is 608. The van der Waals surface area contributed by atoms with Crippen LogP contribution in [0.4, 0.5) is 11.4 Å². The highest BCUT2D eigenvalue weighted by Crippen LogP contribution is 2.32. The van der Waals surface area contributed by atoms with E-state index in [0.717, 1.165) is 0 Å². The van der Waals surface area contributed by atoms with E-state index in [2.05, 4.69) is 23.4 Å². The summed E-state index contributed by atoms with van der Waals surface area (Å²) in [7, 11) is 0. The predicted molar refractivity (Wildman–Crippen MR) is 88.4 cm³/mol. The summed E-state index contributed by atoms with van der Waals surface area (Å²) in [4.78, 5) is 0. The highest BCUT2D eigenvalue weighted by molar-refractivity contribution is 5.54. The molecular formula is C18H18N2O2. The predicted octanol–water partition coefficient (Wildman–Crippen LogP) is 5.23. The topological polar surface area (TPSA) is 43.2 Å². The Kier molecular flexibility index (Phi) is 5.93. The van der Waals surface area contributed by atoms with Gasteiger partial charge in [-0.3, -0.25) is 0 Å². The van der Waals surface area contributed by atoms with E-state index >= 15 is 0 Å². The molecule has 0 N–H and O–H groups in total. The van der Waals surface area contributed by atoms with Crippen molar-refractivity contribution in [2.24, 2.45) is 10.2 Å². The number of azo groups is 1. The maximum atomic E-state index is 5.55. The van der Waals surface area contributed by atoms with E-state index in [9.17, 15) is 0 Å². The van der Waals surface area contributed by atoms with Crippen LogP contribution in [0, 0.1) is 0 Å². The monoisotopic (exact) mass is 294 g/mol. The SMILES string of the molecule is C=CCOc1ccccc1N=Nc1ccccc1OCC=C. The molecular weight excluding hydrogens is 276 g/mol. The molecule has 0 heterocycles. The Balaban J connectivity index is 2.21. The van der Waals surface area contributed by atoms with Crippen LogP contribution in [0.2, 0.25) is 0 Å². The van der Waals surface area contributed by atoms with Gasteiger partial charge in [0.25, 0.3) is 0 Å². The zero-order valence-electron chi connectivity index (χ0n) is 12.3. The van der Waals surface area contributed by atoms with Gasteiger partial charge in [0.15, 0.2) is 0 Å². The molecule has 4 nitrogen and oxygen atoms in total. The van der Waals surface area contributed by atoms with E-state index < -0.39 is 0 Å². The van der Waals surface area contributed by atoms with Crippen LogP contribution in [0.25, 0.3) is 0 Å². The van der Waals surface area contributed by atoms with Crippen LogP contribution >= 0.6 is 0 Å². The molecule has 0 saturated carbocycles. The van der Waals surface area contributed by atoms with Gasteiger partial charge >= 0.3 is 0 Å². The summed E-state index contributed by atoms with van der Waals surface area (Å²) in [5, 5.41) is 8.52. The maximum absolute atomic E-state index is 5.55. The minimum absolute atomic E-state index is 0.422. The van der Waals surface area contributed by atoms with E-state index in [4.69, 9.17) is 9.47 Å². The van der Waals surface area contributed by atoms with Crippen molar-refractivity contribution in [3.05, 3.63) is 73.8 Å². The molecule has 4 heteroatoms. The third-order valence-corrected chi connectivity index (χ3v) is 2.71. The summed E-state index contributed by atoms with van der Waals surface area (Å²) in [5.41, 5.74) is 1.31. The number of ether oxygens (including phenoxy) is 2. The molecule has 0 radical (unpaired) electrons. The van der Waals surface area contributed by atoms with Gasteiger partial charge in [0, 0.05) is 0 Å². The molecule has 0 aliphatic heterocycles. The lowest BCUT2D eigenvalue weighted by molar-refractivity contribution is 0.363. The van der Waals surface area contributed by atoms with Gasteiger partial charge in [-0.15, -0.1) is 10.2 Å². The number of hydrogen-bond donors (Lipinski definition) is 0. The van der Waals surface area contributed by atoms with E-state index in [1.54, 1.807) is 12.2 Å². The fraction of sp³-hybridized carbons (Fsp3) is 0.111. The summed E-state index contributed by atoms with van der Waals surface area (Å²) in [6.45, 7) is 8.12. The second-order valence-electron chi connectivity index (χ2n) is 4.33. The van der Waals surface area contributed by atoms with Crippen LogP contribution in [-0.4, -0.2) is 13.2 Å². The third-order valence-electron chi connectivity index (χ3n) is 2.71. The molecule has 2 aromatic carbocycles.